The van der Waals surface area contributed by atoms with Gasteiger partial charge < -0.3 is 20.3 Å². The van der Waals surface area contributed by atoms with E-state index in [-0.39, 0.29) is 17.4 Å². The molecule has 174 valence electrons. The molecule has 3 aromatic rings. The van der Waals surface area contributed by atoms with Crippen molar-refractivity contribution in [3.05, 3.63) is 64.7 Å². The SMILES string of the molecule is CN(C)CCNc1nc(Nc2ccc([N+](=O)[O-])cc2)cc(-c2cccc(OC(F)(F)F)c2)n1. The molecule has 0 spiro atoms. The van der Waals surface area contributed by atoms with E-state index in [0.717, 1.165) is 0 Å². The average Bonchev–Trinajstić information content (AvgIpc) is 2.73. The van der Waals surface area contributed by atoms with Crippen LogP contribution >= 0.6 is 0 Å². The minimum absolute atomic E-state index is 0.0588. The van der Waals surface area contributed by atoms with E-state index in [2.05, 4.69) is 25.3 Å². The zero-order chi connectivity index (χ0) is 24.0. The molecule has 9 nitrogen and oxygen atoms in total. The van der Waals surface area contributed by atoms with Crippen molar-refractivity contribution in [3.63, 3.8) is 0 Å². The molecule has 1 heterocycles. The first-order chi connectivity index (χ1) is 15.6. The fraction of sp³-hybridized carbons (Fsp3) is 0.238. The monoisotopic (exact) mass is 462 g/mol. The predicted octanol–water partition coefficient (Wildman–Crippen LogP) is 4.67. The fourth-order valence-electron chi connectivity index (χ4n) is 2.80. The van der Waals surface area contributed by atoms with Crippen molar-refractivity contribution in [2.24, 2.45) is 0 Å². The van der Waals surface area contributed by atoms with E-state index in [9.17, 15) is 23.3 Å². The molecular formula is C21H21F3N6O3. The number of ether oxygens (including phenoxy) is 1. The van der Waals surface area contributed by atoms with Gasteiger partial charge in [-0.2, -0.15) is 4.98 Å². The quantitative estimate of drug-likeness (QED) is 0.349. The third-order valence-electron chi connectivity index (χ3n) is 4.28. The molecule has 0 fully saturated rings. The Hall–Kier alpha value is -3.93. The summed E-state index contributed by atoms with van der Waals surface area (Å²) in [6.45, 7) is 1.23. The Kier molecular flexibility index (Phi) is 7.28. The number of nitrogens with zero attached hydrogens (tertiary/aromatic N) is 4. The van der Waals surface area contributed by atoms with Gasteiger partial charge in [0.2, 0.25) is 5.95 Å². The number of nitrogens with one attached hydrogen (secondary N) is 2. The van der Waals surface area contributed by atoms with Gasteiger partial charge in [-0.1, -0.05) is 12.1 Å². The molecule has 2 aromatic carbocycles. The molecule has 0 aliphatic rings. The van der Waals surface area contributed by atoms with Crippen LogP contribution in [0.1, 0.15) is 0 Å². The summed E-state index contributed by atoms with van der Waals surface area (Å²) in [6, 6.07) is 12.8. The maximum Gasteiger partial charge on any atom is 0.573 e. The van der Waals surface area contributed by atoms with Crippen LogP contribution in [0.15, 0.2) is 54.6 Å². The van der Waals surface area contributed by atoms with Crippen molar-refractivity contribution in [3.8, 4) is 17.0 Å². The Bertz CT molecular complexity index is 1110. The first kappa shape index (κ1) is 23.7. The average molecular weight is 462 g/mol. The molecule has 2 N–H and O–H groups in total. The van der Waals surface area contributed by atoms with Gasteiger partial charge in [-0.05, 0) is 38.4 Å². The van der Waals surface area contributed by atoms with E-state index in [0.29, 0.717) is 35.9 Å². The topological polar surface area (TPSA) is 105 Å². The number of hydrogen-bond acceptors (Lipinski definition) is 8. The van der Waals surface area contributed by atoms with Crippen LogP contribution < -0.4 is 15.4 Å². The summed E-state index contributed by atoms with van der Waals surface area (Å²) in [5.74, 6) is 0.245. The van der Waals surface area contributed by atoms with Crippen LogP contribution in [0.5, 0.6) is 5.75 Å². The Morgan fingerprint density at radius 1 is 1.09 bits per heavy atom. The highest BCUT2D eigenvalue weighted by Crippen LogP contribution is 2.29. The predicted molar refractivity (Wildman–Crippen MR) is 118 cm³/mol. The molecule has 0 unspecified atom stereocenters. The third kappa shape index (κ3) is 7.31. The zero-order valence-electron chi connectivity index (χ0n) is 17.8. The molecule has 0 bridgehead atoms. The summed E-state index contributed by atoms with van der Waals surface area (Å²) >= 11 is 0. The molecule has 33 heavy (non-hydrogen) atoms. The molecule has 0 aliphatic carbocycles. The zero-order valence-corrected chi connectivity index (χ0v) is 17.8. The van der Waals surface area contributed by atoms with Gasteiger partial charge in [0.25, 0.3) is 5.69 Å². The lowest BCUT2D eigenvalue weighted by Gasteiger charge is -2.14. The van der Waals surface area contributed by atoms with E-state index in [1.807, 2.05) is 19.0 Å². The second-order valence-electron chi connectivity index (χ2n) is 7.20. The number of nitro benzene ring substituents is 1. The largest absolute Gasteiger partial charge is 0.573 e. The van der Waals surface area contributed by atoms with Gasteiger partial charge in [0, 0.05) is 42.5 Å². The highest BCUT2D eigenvalue weighted by atomic mass is 19.4. The van der Waals surface area contributed by atoms with Crippen LogP contribution in [0, 0.1) is 10.1 Å². The van der Waals surface area contributed by atoms with Gasteiger partial charge in [-0.15, -0.1) is 13.2 Å². The lowest BCUT2D eigenvalue weighted by molar-refractivity contribution is -0.384. The lowest BCUT2D eigenvalue weighted by atomic mass is 10.1. The number of nitro groups is 1. The number of anilines is 3. The van der Waals surface area contributed by atoms with Crippen molar-refractivity contribution in [1.29, 1.82) is 0 Å². The van der Waals surface area contributed by atoms with E-state index in [1.165, 1.54) is 42.5 Å². The number of likely N-dealkylation sites (N-methyl/N-ethyl adjacent to an activating group) is 1. The number of aromatic nitrogens is 2. The normalized spacial score (nSPS) is 11.3. The summed E-state index contributed by atoms with van der Waals surface area (Å²) in [6.07, 6.45) is -4.81. The number of benzene rings is 2. The van der Waals surface area contributed by atoms with Crippen LogP contribution in [0.25, 0.3) is 11.3 Å². The molecule has 1 aromatic heterocycles. The van der Waals surface area contributed by atoms with E-state index < -0.39 is 11.3 Å². The van der Waals surface area contributed by atoms with Gasteiger partial charge in [-0.25, -0.2) is 4.98 Å². The first-order valence-corrected chi connectivity index (χ1v) is 9.74. The Morgan fingerprint density at radius 3 is 2.45 bits per heavy atom. The molecular weight excluding hydrogens is 441 g/mol. The molecule has 0 atom stereocenters. The minimum Gasteiger partial charge on any atom is -0.406 e. The summed E-state index contributed by atoms with van der Waals surface area (Å²) < 4.78 is 41.9. The summed E-state index contributed by atoms with van der Waals surface area (Å²) in [5.41, 5.74) is 1.23. The second-order valence-corrected chi connectivity index (χ2v) is 7.20. The molecule has 0 amide bonds. The van der Waals surface area contributed by atoms with Gasteiger partial charge in [-0.3, -0.25) is 10.1 Å². The van der Waals surface area contributed by atoms with E-state index >= 15 is 0 Å². The van der Waals surface area contributed by atoms with Gasteiger partial charge in [0.05, 0.1) is 10.6 Å². The number of hydrogen-bond donors (Lipinski definition) is 2. The Balaban J connectivity index is 1.92. The Labute approximate surface area is 187 Å². The highest BCUT2D eigenvalue weighted by Gasteiger charge is 2.31. The Morgan fingerprint density at radius 2 is 1.82 bits per heavy atom. The van der Waals surface area contributed by atoms with Gasteiger partial charge in [0.15, 0.2) is 0 Å². The number of halogens is 3. The smallest absolute Gasteiger partial charge is 0.406 e. The molecule has 0 saturated carbocycles. The second kappa shape index (κ2) is 10.1. The van der Waals surface area contributed by atoms with E-state index in [1.54, 1.807) is 12.1 Å². The van der Waals surface area contributed by atoms with Crippen molar-refractivity contribution in [1.82, 2.24) is 14.9 Å². The minimum atomic E-state index is -4.81. The number of rotatable bonds is 9. The van der Waals surface area contributed by atoms with Crippen LogP contribution in [0.2, 0.25) is 0 Å². The molecule has 0 aliphatic heterocycles. The van der Waals surface area contributed by atoms with Crippen LogP contribution in [-0.4, -0.2) is 53.3 Å². The van der Waals surface area contributed by atoms with Crippen molar-refractivity contribution >= 4 is 23.1 Å². The molecule has 3 rings (SSSR count). The van der Waals surface area contributed by atoms with Gasteiger partial charge >= 0.3 is 6.36 Å². The maximum absolute atomic E-state index is 12.6. The molecule has 0 radical (unpaired) electrons. The number of non-ortho nitro benzene ring substituents is 1. The third-order valence-corrected chi connectivity index (χ3v) is 4.28. The standard InChI is InChI=1S/C21H21F3N6O3/c1-29(2)11-10-25-20-27-18(14-4-3-5-17(12-14)33-21(22,23)24)13-19(28-20)26-15-6-8-16(9-7-15)30(31)32/h3-9,12-13H,10-11H2,1-2H3,(H2,25,26,27,28). The lowest BCUT2D eigenvalue weighted by Crippen LogP contribution is -2.21. The van der Waals surface area contributed by atoms with Crippen molar-refractivity contribution in [2.45, 2.75) is 6.36 Å². The van der Waals surface area contributed by atoms with Crippen molar-refractivity contribution < 1.29 is 22.8 Å². The van der Waals surface area contributed by atoms with Crippen LogP contribution in [-0.2, 0) is 0 Å². The summed E-state index contributed by atoms with van der Waals surface area (Å²) in [7, 11) is 3.82. The number of alkyl halides is 3. The summed E-state index contributed by atoms with van der Waals surface area (Å²) in [5, 5.41) is 17.0. The first-order valence-electron chi connectivity index (χ1n) is 9.74. The van der Waals surface area contributed by atoms with E-state index in [4.69, 9.17) is 0 Å². The summed E-state index contributed by atoms with van der Waals surface area (Å²) in [4.78, 5) is 21.1. The fourth-order valence-corrected chi connectivity index (χ4v) is 2.80. The highest BCUT2D eigenvalue weighted by molar-refractivity contribution is 5.68. The van der Waals surface area contributed by atoms with Crippen LogP contribution in [0.4, 0.5) is 36.3 Å². The molecule has 0 saturated heterocycles. The van der Waals surface area contributed by atoms with Crippen molar-refractivity contribution in [2.75, 3.05) is 37.8 Å². The molecule has 12 heteroatoms. The van der Waals surface area contributed by atoms with Crippen LogP contribution in [0.3, 0.4) is 0 Å². The van der Waals surface area contributed by atoms with Gasteiger partial charge in [0.1, 0.15) is 11.6 Å². The maximum atomic E-state index is 12.6.